The number of Topliss-reactive ketones (excluding diaryl/α,β-unsaturated/α-hetero) is 1. The van der Waals surface area contributed by atoms with Gasteiger partial charge in [0.15, 0.2) is 5.78 Å². The Bertz CT molecular complexity index is 279. The number of hydrogen-bond donors (Lipinski definition) is 1. The molecule has 1 aromatic carbocycles. The van der Waals surface area contributed by atoms with E-state index < -0.39 is 6.61 Å². The highest BCUT2D eigenvalue weighted by Gasteiger charge is 2.00. The predicted molar refractivity (Wildman–Crippen MR) is 46.8 cm³/mol. The molecule has 1 rings (SSSR count). The molecule has 0 atom stereocenters. The monoisotopic (exact) mass is 182 g/mol. The fraction of sp³-hybridized carbons (Fsp3) is 0.300. The average molecular weight is 182 g/mol. The highest BCUT2D eigenvalue weighted by molar-refractivity contribution is 5.79. The lowest BCUT2D eigenvalue weighted by Crippen LogP contribution is -2.04. The molecule has 0 aliphatic carbocycles. The van der Waals surface area contributed by atoms with Crippen molar-refractivity contribution in [2.75, 3.05) is 6.61 Å². The van der Waals surface area contributed by atoms with E-state index in [0.717, 1.165) is 5.56 Å². The summed E-state index contributed by atoms with van der Waals surface area (Å²) in [5.74, 6) is -0.471. The minimum Gasteiger partial charge on any atom is -0.389 e. The quantitative estimate of drug-likeness (QED) is 0.762. The van der Waals surface area contributed by atoms with Crippen LogP contribution in [0.3, 0.4) is 0 Å². The van der Waals surface area contributed by atoms with Crippen molar-refractivity contribution in [3.8, 4) is 0 Å². The van der Waals surface area contributed by atoms with Gasteiger partial charge in [-0.2, -0.15) is 0 Å². The van der Waals surface area contributed by atoms with Crippen LogP contribution in [0.2, 0.25) is 0 Å². The second-order valence-electron chi connectivity index (χ2n) is 2.82. The zero-order chi connectivity index (χ0) is 9.68. The number of aliphatic hydroxyl groups excluding tert-OH is 1. The molecule has 13 heavy (non-hydrogen) atoms. The number of benzene rings is 1. The van der Waals surface area contributed by atoms with Crippen molar-refractivity contribution in [1.29, 1.82) is 0 Å². The van der Waals surface area contributed by atoms with E-state index in [4.69, 9.17) is 5.11 Å². The van der Waals surface area contributed by atoms with Crippen LogP contribution in [0.15, 0.2) is 24.3 Å². The molecule has 0 unspecified atom stereocenters. The first-order valence-electron chi connectivity index (χ1n) is 4.09. The van der Waals surface area contributed by atoms with Gasteiger partial charge in [-0.1, -0.05) is 12.1 Å². The molecule has 0 saturated carbocycles. The smallest absolute Gasteiger partial charge is 0.158 e. The van der Waals surface area contributed by atoms with Crippen molar-refractivity contribution < 1.29 is 14.3 Å². The van der Waals surface area contributed by atoms with Gasteiger partial charge in [-0.25, -0.2) is 4.39 Å². The van der Waals surface area contributed by atoms with Crippen LogP contribution in [0.25, 0.3) is 0 Å². The molecule has 0 amide bonds. The molecule has 0 saturated heterocycles. The van der Waals surface area contributed by atoms with E-state index in [-0.39, 0.29) is 11.6 Å². The Hall–Kier alpha value is -1.22. The summed E-state index contributed by atoms with van der Waals surface area (Å²) in [6, 6.07) is 6.00. The fourth-order valence-electron chi connectivity index (χ4n) is 1.01. The summed E-state index contributed by atoms with van der Waals surface area (Å²) >= 11 is 0. The minimum atomic E-state index is -0.415. The Morgan fingerprint density at radius 3 is 2.46 bits per heavy atom. The van der Waals surface area contributed by atoms with Crippen LogP contribution in [0.1, 0.15) is 12.0 Å². The first-order valence-corrected chi connectivity index (χ1v) is 4.09. The lowest BCUT2D eigenvalue weighted by molar-refractivity contribution is -0.121. The lowest BCUT2D eigenvalue weighted by Gasteiger charge is -1.98. The summed E-state index contributed by atoms with van der Waals surface area (Å²) in [5.41, 5.74) is 0.906. The van der Waals surface area contributed by atoms with Crippen molar-refractivity contribution in [3.63, 3.8) is 0 Å². The van der Waals surface area contributed by atoms with Crippen LogP contribution in [0.5, 0.6) is 0 Å². The first-order chi connectivity index (χ1) is 6.22. The lowest BCUT2D eigenvalue weighted by atomic mass is 10.1. The Kier molecular flexibility index (Phi) is 3.58. The normalized spacial score (nSPS) is 10.0. The summed E-state index contributed by atoms with van der Waals surface area (Å²) in [5, 5.41) is 8.45. The first kappa shape index (κ1) is 9.86. The molecule has 1 aromatic rings. The van der Waals surface area contributed by atoms with Crippen LogP contribution in [-0.2, 0) is 11.2 Å². The standard InChI is InChI=1S/C10H11FO2/c11-9-4-1-8(2-5-9)3-6-10(13)7-12/h1-2,4-5,12H,3,6-7H2. The summed E-state index contributed by atoms with van der Waals surface area (Å²) in [6.07, 6.45) is 0.863. The molecule has 0 fully saturated rings. The van der Waals surface area contributed by atoms with E-state index >= 15 is 0 Å². The molecule has 0 aromatic heterocycles. The molecule has 0 spiro atoms. The van der Waals surface area contributed by atoms with Gasteiger partial charge in [0.1, 0.15) is 12.4 Å². The van der Waals surface area contributed by atoms with Gasteiger partial charge in [-0.3, -0.25) is 4.79 Å². The summed E-state index contributed by atoms with van der Waals surface area (Å²) < 4.78 is 12.4. The number of rotatable bonds is 4. The van der Waals surface area contributed by atoms with Crippen molar-refractivity contribution in [2.24, 2.45) is 0 Å². The second-order valence-corrected chi connectivity index (χ2v) is 2.82. The number of hydrogen-bond acceptors (Lipinski definition) is 2. The zero-order valence-electron chi connectivity index (χ0n) is 7.16. The Morgan fingerprint density at radius 1 is 1.31 bits per heavy atom. The van der Waals surface area contributed by atoms with Crippen molar-refractivity contribution in [1.82, 2.24) is 0 Å². The Labute approximate surface area is 76.0 Å². The number of ketones is 1. The molecule has 0 bridgehead atoms. The van der Waals surface area contributed by atoms with Gasteiger partial charge in [-0.15, -0.1) is 0 Å². The van der Waals surface area contributed by atoms with Gasteiger partial charge >= 0.3 is 0 Å². The number of halogens is 1. The number of carbonyl (C=O) groups excluding carboxylic acids is 1. The van der Waals surface area contributed by atoms with Gasteiger partial charge < -0.3 is 5.11 Å². The van der Waals surface area contributed by atoms with Gasteiger partial charge in [0, 0.05) is 6.42 Å². The molecular weight excluding hydrogens is 171 g/mol. The third kappa shape index (κ3) is 3.34. The van der Waals surface area contributed by atoms with E-state index in [0.29, 0.717) is 12.8 Å². The molecule has 2 nitrogen and oxygen atoms in total. The molecule has 0 heterocycles. The highest BCUT2D eigenvalue weighted by Crippen LogP contribution is 2.05. The zero-order valence-corrected chi connectivity index (χ0v) is 7.16. The SMILES string of the molecule is O=C(CO)CCc1ccc(F)cc1. The molecule has 0 aliphatic rings. The number of aliphatic hydroxyl groups is 1. The van der Waals surface area contributed by atoms with E-state index in [1.165, 1.54) is 12.1 Å². The maximum atomic E-state index is 12.4. The topological polar surface area (TPSA) is 37.3 Å². The van der Waals surface area contributed by atoms with Gasteiger partial charge in [0.05, 0.1) is 0 Å². The van der Waals surface area contributed by atoms with Gasteiger partial charge in [-0.05, 0) is 24.1 Å². The van der Waals surface area contributed by atoms with Crippen molar-refractivity contribution in [3.05, 3.63) is 35.6 Å². The van der Waals surface area contributed by atoms with E-state index in [1.807, 2.05) is 0 Å². The maximum absolute atomic E-state index is 12.4. The summed E-state index contributed by atoms with van der Waals surface area (Å²) in [6.45, 7) is -0.415. The van der Waals surface area contributed by atoms with Crippen LogP contribution in [0, 0.1) is 5.82 Å². The average Bonchev–Trinajstić information content (AvgIpc) is 2.16. The fourth-order valence-corrected chi connectivity index (χ4v) is 1.01. The molecule has 0 aliphatic heterocycles. The van der Waals surface area contributed by atoms with E-state index in [1.54, 1.807) is 12.1 Å². The highest BCUT2D eigenvalue weighted by atomic mass is 19.1. The largest absolute Gasteiger partial charge is 0.389 e. The molecule has 1 N–H and O–H groups in total. The van der Waals surface area contributed by atoms with Crippen LogP contribution < -0.4 is 0 Å². The summed E-state index contributed by atoms with van der Waals surface area (Å²) in [7, 11) is 0. The maximum Gasteiger partial charge on any atom is 0.158 e. The van der Waals surface area contributed by atoms with Gasteiger partial charge in [0.25, 0.3) is 0 Å². The summed E-state index contributed by atoms with van der Waals surface area (Å²) in [4.78, 5) is 10.7. The molecule has 70 valence electrons. The van der Waals surface area contributed by atoms with Gasteiger partial charge in [0.2, 0.25) is 0 Å². The van der Waals surface area contributed by atoms with Crippen LogP contribution in [0.4, 0.5) is 4.39 Å². The third-order valence-electron chi connectivity index (χ3n) is 1.78. The second kappa shape index (κ2) is 4.72. The minimum absolute atomic E-state index is 0.190. The van der Waals surface area contributed by atoms with Crippen LogP contribution >= 0.6 is 0 Å². The Balaban J connectivity index is 2.46. The Morgan fingerprint density at radius 2 is 1.92 bits per heavy atom. The van der Waals surface area contributed by atoms with Crippen LogP contribution in [-0.4, -0.2) is 17.5 Å². The van der Waals surface area contributed by atoms with E-state index in [2.05, 4.69) is 0 Å². The van der Waals surface area contributed by atoms with Crippen molar-refractivity contribution in [2.45, 2.75) is 12.8 Å². The predicted octanol–water partition coefficient (Wildman–Crippen LogP) is 1.32. The molecular formula is C10H11FO2. The third-order valence-corrected chi connectivity index (χ3v) is 1.78. The van der Waals surface area contributed by atoms with Crippen molar-refractivity contribution >= 4 is 5.78 Å². The number of aryl methyl sites for hydroxylation is 1. The number of carbonyl (C=O) groups is 1. The molecule has 0 radical (unpaired) electrons. The molecule has 3 heteroatoms. The van der Waals surface area contributed by atoms with E-state index in [9.17, 15) is 9.18 Å².